The fraction of sp³-hybridized carbons (Fsp3) is 0.500. The molecule has 0 amide bonds. The summed E-state index contributed by atoms with van der Waals surface area (Å²) >= 11 is 0. The Balaban J connectivity index is 2.82. The van der Waals surface area contributed by atoms with E-state index < -0.39 is 0 Å². The number of nitrogens with two attached hydrogens (primary N) is 1. The molecule has 1 aromatic carbocycles. The van der Waals surface area contributed by atoms with E-state index in [4.69, 9.17) is 10.5 Å². The molecule has 84 valence electrons. The SMILES string of the molecule is CCC(C)Oc1ccc(C(C)N)c(F)c1. The molecule has 0 radical (unpaired) electrons. The van der Waals surface area contributed by atoms with Gasteiger partial charge in [0.25, 0.3) is 0 Å². The topological polar surface area (TPSA) is 35.2 Å². The highest BCUT2D eigenvalue weighted by Crippen LogP contribution is 2.21. The molecule has 0 bridgehead atoms. The van der Waals surface area contributed by atoms with Gasteiger partial charge in [0.2, 0.25) is 0 Å². The van der Waals surface area contributed by atoms with Crippen molar-refractivity contribution in [3.05, 3.63) is 29.6 Å². The minimum absolute atomic E-state index is 0.102. The molecule has 0 aliphatic rings. The number of rotatable bonds is 4. The molecule has 0 aromatic heterocycles. The highest BCUT2D eigenvalue weighted by Gasteiger charge is 2.09. The Bertz CT molecular complexity index is 325. The monoisotopic (exact) mass is 211 g/mol. The van der Waals surface area contributed by atoms with Gasteiger partial charge < -0.3 is 10.5 Å². The molecule has 3 heteroatoms. The van der Waals surface area contributed by atoms with Gasteiger partial charge >= 0.3 is 0 Å². The number of ether oxygens (including phenoxy) is 1. The van der Waals surface area contributed by atoms with Crippen LogP contribution in [0.2, 0.25) is 0 Å². The zero-order chi connectivity index (χ0) is 11.4. The second-order valence-corrected chi connectivity index (χ2v) is 3.81. The average Bonchev–Trinajstić information content (AvgIpc) is 2.17. The van der Waals surface area contributed by atoms with Gasteiger partial charge in [0.15, 0.2) is 0 Å². The number of hydrogen-bond acceptors (Lipinski definition) is 2. The summed E-state index contributed by atoms with van der Waals surface area (Å²) in [6, 6.07) is 4.54. The van der Waals surface area contributed by atoms with Crippen LogP contribution in [0.4, 0.5) is 4.39 Å². The predicted molar refractivity (Wildman–Crippen MR) is 59.4 cm³/mol. The molecular formula is C12H18FNO. The normalized spacial score (nSPS) is 14.7. The Morgan fingerprint density at radius 3 is 2.53 bits per heavy atom. The van der Waals surface area contributed by atoms with Crippen molar-refractivity contribution in [3.63, 3.8) is 0 Å². The summed E-state index contributed by atoms with van der Waals surface area (Å²) in [7, 11) is 0. The number of halogens is 1. The van der Waals surface area contributed by atoms with Gasteiger partial charge in [-0.3, -0.25) is 0 Å². The molecule has 15 heavy (non-hydrogen) atoms. The Morgan fingerprint density at radius 2 is 2.07 bits per heavy atom. The highest BCUT2D eigenvalue weighted by atomic mass is 19.1. The lowest BCUT2D eigenvalue weighted by atomic mass is 10.1. The Morgan fingerprint density at radius 1 is 1.40 bits per heavy atom. The van der Waals surface area contributed by atoms with Crippen LogP contribution in [0.15, 0.2) is 18.2 Å². The zero-order valence-electron chi connectivity index (χ0n) is 9.46. The van der Waals surface area contributed by atoms with Crippen molar-refractivity contribution in [2.45, 2.75) is 39.3 Å². The molecule has 1 rings (SSSR count). The van der Waals surface area contributed by atoms with E-state index in [9.17, 15) is 4.39 Å². The fourth-order valence-corrected chi connectivity index (χ4v) is 1.27. The van der Waals surface area contributed by atoms with Gasteiger partial charge in [0.05, 0.1) is 6.10 Å². The Hall–Kier alpha value is -1.09. The van der Waals surface area contributed by atoms with Gasteiger partial charge in [-0.25, -0.2) is 4.39 Å². The molecule has 2 unspecified atom stereocenters. The van der Waals surface area contributed by atoms with Crippen molar-refractivity contribution in [2.24, 2.45) is 5.73 Å². The molecular weight excluding hydrogens is 193 g/mol. The summed E-state index contributed by atoms with van der Waals surface area (Å²) in [6.45, 7) is 5.74. The first-order valence-electron chi connectivity index (χ1n) is 5.26. The maximum absolute atomic E-state index is 13.5. The van der Waals surface area contributed by atoms with Gasteiger partial charge in [-0.2, -0.15) is 0 Å². The van der Waals surface area contributed by atoms with Crippen molar-refractivity contribution >= 4 is 0 Å². The molecule has 0 spiro atoms. The summed E-state index contributed by atoms with van der Waals surface area (Å²) in [5, 5.41) is 0. The summed E-state index contributed by atoms with van der Waals surface area (Å²) in [4.78, 5) is 0. The summed E-state index contributed by atoms with van der Waals surface area (Å²) in [6.07, 6.45) is 1.00. The van der Waals surface area contributed by atoms with Crippen LogP contribution in [0.5, 0.6) is 5.75 Å². The molecule has 2 nitrogen and oxygen atoms in total. The number of benzene rings is 1. The lowest BCUT2D eigenvalue weighted by molar-refractivity contribution is 0.216. The predicted octanol–water partition coefficient (Wildman–Crippen LogP) is 3.02. The van der Waals surface area contributed by atoms with Crippen LogP contribution in [0.25, 0.3) is 0 Å². The number of hydrogen-bond donors (Lipinski definition) is 1. The van der Waals surface area contributed by atoms with E-state index in [2.05, 4.69) is 0 Å². The summed E-state index contributed by atoms with van der Waals surface area (Å²) in [5.41, 5.74) is 6.13. The van der Waals surface area contributed by atoms with Crippen molar-refractivity contribution in [2.75, 3.05) is 0 Å². The molecule has 1 aromatic rings. The molecule has 0 saturated carbocycles. The third-order valence-electron chi connectivity index (χ3n) is 2.37. The first-order chi connectivity index (χ1) is 7.04. The van der Waals surface area contributed by atoms with E-state index in [1.165, 1.54) is 6.07 Å². The van der Waals surface area contributed by atoms with Crippen LogP contribution >= 0.6 is 0 Å². The van der Waals surface area contributed by atoms with Crippen molar-refractivity contribution in [1.29, 1.82) is 0 Å². The van der Waals surface area contributed by atoms with Crippen LogP contribution in [0, 0.1) is 5.82 Å². The van der Waals surface area contributed by atoms with E-state index in [1.807, 2.05) is 13.8 Å². The molecule has 0 aliphatic carbocycles. The van der Waals surface area contributed by atoms with E-state index in [-0.39, 0.29) is 18.0 Å². The minimum atomic E-state index is -0.300. The highest BCUT2D eigenvalue weighted by molar-refractivity contribution is 5.30. The van der Waals surface area contributed by atoms with Crippen LogP contribution in [-0.2, 0) is 0 Å². The summed E-state index contributed by atoms with van der Waals surface area (Å²) < 4.78 is 19.0. The van der Waals surface area contributed by atoms with Crippen molar-refractivity contribution < 1.29 is 9.13 Å². The zero-order valence-corrected chi connectivity index (χ0v) is 9.46. The molecule has 2 atom stereocenters. The van der Waals surface area contributed by atoms with E-state index in [1.54, 1.807) is 19.1 Å². The Kier molecular flexibility index (Phi) is 4.09. The van der Waals surface area contributed by atoms with Crippen LogP contribution in [0.3, 0.4) is 0 Å². The van der Waals surface area contributed by atoms with Crippen LogP contribution in [-0.4, -0.2) is 6.10 Å². The molecule has 0 heterocycles. The van der Waals surface area contributed by atoms with Crippen molar-refractivity contribution in [1.82, 2.24) is 0 Å². The van der Waals surface area contributed by atoms with Gasteiger partial charge in [-0.05, 0) is 26.3 Å². The van der Waals surface area contributed by atoms with Crippen molar-refractivity contribution in [3.8, 4) is 5.75 Å². The maximum atomic E-state index is 13.5. The van der Waals surface area contributed by atoms with Crippen LogP contribution in [0.1, 0.15) is 38.8 Å². The first kappa shape index (κ1) is 12.0. The lowest BCUT2D eigenvalue weighted by Gasteiger charge is -2.14. The quantitative estimate of drug-likeness (QED) is 0.830. The van der Waals surface area contributed by atoms with Gasteiger partial charge in [0, 0.05) is 17.7 Å². The average molecular weight is 211 g/mol. The fourth-order valence-electron chi connectivity index (χ4n) is 1.27. The van der Waals surface area contributed by atoms with E-state index >= 15 is 0 Å². The second-order valence-electron chi connectivity index (χ2n) is 3.81. The largest absolute Gasteiger partial charge is 0.491 e. The first-order valence-corrected chi connectivity index (χ1v) is 5.26. The van der Waals surface area contributed by atoms with Gasteiger partial charge in [0.1, 0.15) is 11.6 Å². The third-order valence-corrected chi connectivity index (χ3v) is 2.37. The molecule has 0 aliphatic heterocycles. The lowest BCUT2D eigenvalue weighted by Crippen LogP contribution is -2.11. The Labute approximate surface area is 90.2 Å². The summed E-state index contributed by atoms with van der Waals surface area (Å²) in [5.74, 6) is 0.261. The van der Waals surface area contributed by atoms with Gasteiger partial charge in [-0.1, -0.05) is 13.0 Å². The smallest absolute Gasteiger partial charge is 0.131 e. The molecule has 0 saturated heterocycles. The minimum Gasteiger partial charge on any atom is -0.491 e. The van der Waals surface area contributed by atoms with Gasteiger partial charge in [-0.15, -0.1) is 0 Å². The van der Waals surface area contributed by atoms with Crippen LogP contribution < -0.4 is 10.5 Å². The van der Waals surface area contributed by atoms with E-state index in [0.717, 1.165) is 6.42 Å². The molecule has 2 N–H and O–H groups in total. The maximum Gasteiger partial charge on any atom is 0.131 e. The second kappa shape index (κ2) is 5.12. The standard InChI is InChI=1S/C12H18FNO/c1-4-8(2)15-10-5-6-11(9(3)14)12(13)7-10/h5-9H,4,14H2,1-3H3. The molecule has 0 fully saturated rings. The third kappa shape index (κ3) is 3.20. The van der Waals surface area contributed by atoms with E-state index in [0.29, 0.717) is 11.3 Å².